The number of benzene rings is 1. The van der Waals surface area contributed by atoms with Crippen LogP contribution in [-0.4, -0.2) is 16.5 Å². The van der Waals surface area contributed by atoms with Crippen LogP contribution in [0, 0.1) is 16.3 Å². The second kappa shape index (κ2) is 6.67. The standard InChI is InChI=1S/C14H14ClFIN3/c1-3-6-18-14-12(17)8(2)19-13(20-14)9-4-5-10(15)11(16)7-9/h4-5,7H,3,6H2,1-2H3,(H,18,19,20). The summed E-state index contributed by atoms with van der Waals surface area (Å²) in [6.07, 6.45) is 1.00. The molecule has 0 saturated carbocycles. The molecule has 1 N–H and O–H groups in total. The Balaban J connectivity index is 2.45. The largest absolute Gasteiger partial charge is 0.369 e. The Bertz CT molecular complexity index is 634. The lowest BCUT2D eigenvalue weighted by Gasteiger charge is -2.11. The molecule has 2 rings (SSSR count). The van der Waals surface area contributed by atoms with Crippen LogP contribution in [0.15, 0.2) is 18.2 Å². The highest BCUT2D eigenvalue weighted by Gasteiger charge is 2.12. The summed E-state index contributed by atoms with van der Waals surface area (Å²) >= 11 is 7.91. The number of hydrogen-bond donors (Lipinski definition) is 1. The highest BCUT2D eigenvalue weighted by molar-refractivity contribution is 14.1. The molecule has 0 fully saturated rings. The predicted molar refractivity (Wildman–Crippen MR) is 88.7 cm³/mol. The molecule has 0 aliphatic carbocycles. The topological polar surface area (TPSA) is 37.8 Å². The quantitative estimate of drug-likeness (QED) is 0.751. The molecule has 3 nitrogen and oxygen atoms in total. The van der Waals surface area contributed by atoms with Crippen LogP contribution in [0.1, 0.15) is 19.0 Å². The van der Waals surface area contributed by atoms with Crippen LogP contribution in [0.5, 0.6) is 0 Å². The van der Waals surface area contributed by atoms with Gasteiger partial charge in [0.05, 0.1) is 14.3 Å². The van der Waals surface area contributed by atoms with E-state index in [2.05, 4.69) is 44.8 Å². The zero-order chi connectivity index (χ0) is 14.7. The summed E-state index contributed by atoms with van der Waals surface area (Å²) in [5.74, 6) is 0.814. The lowest BCUT2D eigenvalue weighted by Crippen LogP contribution is -2.07. The molecule has 2 aromatic rings. The first kappa shape index (κ1) is 15.4. The minimum absolute atomic E-state index is 0.0975. The number of nitrogens with one attached hydrogen (secondary N) is 1. The molecular formula is C14H14ClFIN3. The Kier molecular flexibility index (Phi) is 5.15. The molecule has 0 unspecified atom stereocenters. The van der Waals surface area contributed by atoms with E-state index in [1.165, 1.54) is 12.1 Å². The fourth-order valence-electron chi connectivity index (χ4n) is 1.68. The minimum Gasteiger partial charge on any atom is -0.369 e. The van der Waals surface area contributed by atoms with E-state index < -0.39 is 5.82 Å². The zero-order valence-electron chi connectivity index (χ0n) is 11.2. The van der Waals surface area contributed by atoms with Crippen molar-refractivity contribution in [2.45, 2.75) is 20.3 Å². The zero-order valence-corrected chi connectivity index (χ0v) is 14.1. The van der Waals surface area contributed by atoms with Gasteiger partial charge in [-0.1, -0.05) is 18.5 Å². The number of rotatable bonds is 4. The number of nitrogens with zero attached hydrogens (tertiary/aromatic N) is 2. The second-order valence-corrected chi connectivity index (χ2v) is 5.84. The van der Waals surface area contributed by atoms with Crippen molar-refractivity contribution in [1.29, 1.82) is 0 Å². The first-order valence-corrected chi connectivity index (χ1v) is 7.72. The maximum Gasteiger partial charge on any atom is 0.161 e. The normalized spacial score (nSPS) is 10.7. The summed E-state index contributed by atoms with van der Waals surface area (Å²) in [5.41, 5.74) is 1.48. The lowest BCUT2D eigenvalue weighted by molar-refractivity contribution is 0.628. The molecule has 1 heterocycles. The van der Waals surface area contributed by atoms with Gasteiger partial charge in [0.25, 0.3) is 0 Å². The van der Waals surface area contributed by atoms with Crippen LogP contribution in [0.3, 0.4) is 0 Å². The lowest BCUT2D eigenvalue weighted by atomic mass is 10.2. The Morgan fingerprint density at radius 1 is 1.35 bits per heavy atom. The minimum atomic E-state index is -0.466. The van der Waals surface area contributed by atoms with E-state index in [4.69, 9.17) is 11.6 Å². The van der Waals surface area contributed by atoms with Crippen LogP contribution in [-0.2, 0) is 0 Å². The van der Waals surface area contributed by atoms with Gasteiger partial charge in [-0.3, -0.25) is 0 Å². The maximum atomic E-state index is 13.5. The molecule has 0 spiro atoms. The van der Waals surface area contributed by atoms with Crippen molar-refractivity contribution < 1.29 is 4.39 Å². The summed E-state index contributed by atoms with van der Waals surface area (Å²) in [6.45, 7) is 4.83. The van der Waals surface area contributed by atoms with Gasteiger partial charge in [0.1, 0.15) is 11.6 Å². The van der Waals surface area contributed by atoms with E-state index in [0.29, 0.717) is 11.4 Å². The van der Waals surface area contributed by atoms with Crippen LogP contribution >= 0.6 is 34.2 Å². The Hall–Kier alpha value is -0.950. The average Bonchev–Trinajstić information content (AvgIpc) is 2.43. The number of aryl methyl sites for hydroxylation is 1. The molecule has 0 radical (unpaired) electrons. The van der Waals surface area contributed by atoms with Crippen LogP contribution < -0.4 is 5.32 Å². The molecule has 0 aliphatic rings. The SMILES string of the molecule is CCCNc1nc(-c2ccc(Cl)c(F)c2)nc(C)c1I. The van der Waals surface area contributed by atoms with Crippen molar-refractivity contribution in [2.75, 3.05) is 11.9 Å². The van der Waals surface area contributed by atoms with Crippen molar-refractivity contribution in [3.8, 4) is 11.4 Å². The van der Waals surface area contributed by atoms with E-state index >= 15 is 0 Å². The molecule has 0 aliphatic heterocycles. The third-order valence-electron chi connectivity index (χ3n) is 2.74. The monoisotopic (exact) mass is 405 g/mol. The summed E-state index contributed by atoms with van der Waals surface area (Å²) in [5, 5.41) is 3.36. The number of aromatic nitrogens is 2. The summed E-state index contributed by atoms with van der Waals surface area (Å²) in [7, 11) is 0. The van der Waals surface area contributed by atoms with E-state index in [-0.39, 0.29) is 5.02 Å². The fourth-order valence-corrected chi connectivity index (χ4v) is 2.23. The van der Waals surface area contributed by atoms with E-state index in [1.807, 2.05) is 6.92 Å². The van der Waals surface area contributed by atoms with Gasteiger partial charge < -0.3 is 5.32 Å². The number of halogens is 3. The summed E-state index contributed by atoms with van der Waals surface area (Å²) < 4.78 is 14.5. The molecule has 0 amide bonds. The summed E-state index contributed by atoms with van der Waals surface area (Å²) in [6, 6.07) is 4.59. The maximum absolute atomic E-state index is 13.5. The van der Waals surface area contributed by atoms with Gasteiger partial charge in [0, 0.05) is 12.1 Å². The Labute approximate surface area is 136 Å². The van der Waals surface area contributed by atoms with E-state index in [1.54, 1.807) is 6.07 Å². The van der Waals surface area contributed by atoms with Gasteiger partial charge in [0.15, 0.2) is 5.82 Å². The van der Waals surface area contributed by atoms with Crippen LogP contribution in [0.4, 0.5) is 10.2 Å². The molecule has 1 aromatic heterocycles. The summed E-state index contributed by atoms with van der Waals surface area (Å²) in [4.78, 5) is 8.89. The molecule has 20 heavy (non-hydrogen) atoms. The molecule has 6 heteroatoms. The smallest absolute Gasteiger partial charge is 0.161 e. The fraction of sp³-hybridized carbons (Fsp3) is 0.286. The third-order valence-corrected chi connectivity index (χ3v) is 4.34. The van der Waals surface area contributed by atoms with E-state index in [9.17, 15) is 4.39 Å². The van der Waals surface area contributed by atoms with Gasteiger partial charge >= 0.3 is 0 Å². The molecule has 0 atom stereocenters. The van der Waals surface area contributed by atoms with Crippen LogP contribution in [0.25, 0.3) is 11.4 Å². The highest BCUT2D eigenvalue weighted by Crippen LogP contribution is 2.26. The van der Waals surface area contributed by atoms with E-state index in [0.717, 1.165) is 28.0 Å². The average molecular weight is 406 g/mol. The predicted octanol–water partition coefficient (Wildman–Crippen LogP) is 4.67. The van der Waals surface area contributed by atoms with Gasteiger partial charge in [-0.25, -0.2) is 14.4 Å². The van der Waals surface area contributed by atoms with Gasteiger partial charge in [-0.05, 0) is 54.1 Å². The number of hydrogen-bond acceptors (Lipinski definition) is 3. The number of anilines is 1. The third kappa shape index (κ3) is 3.38. The van der Waals surface area contributed by atoms with Crippen molar-refractivity contribution in [3.05, 3.63) is 38.3 Å². The first-order chi connectivity index (χ1) is 9.52. The second-order valence-electron chi connectivity index (χ2n) is 4.35. The van der Waals surface area contributed by atoms with Crippen molar-refractivity contribution in [3.63, 3.8) is 0 Å². The first-order valence-electron chi connectivity index (χ1n) is 6.26. The molecule has 106 valence electrons. The van der Waals surface area contributed by atoms with Gasteiger partial charge in [-0.2, -0.15) is 0 Å². The molecule has 1 aromatic carbocycles. The van der Waals surface area contributed by atoms with Crippen LogP contribution in [0.2, 0.25) is 5.02 Å². The Morgan fingerprint density at radius 2 is 2.10 bits per heavy atom. The highest BCUT2D eigenvalue weighted by atomic mass is 127. The van der Waals surface area contributed by atoms with Gasteiger partial charge in [-0.15, -0.1) is 0 Å². The van der Waals surface area contributed by atoms with Crippen molar-refractivity contribution in [2.24, 2.45) is 0 Å². The molecule has 0 saturated heterocycles. The van der Waals surface area contributed by atoms with Crippen molar-refractivity contribution >= 4 is 40.0 Å². The van der Waals surface area contributed by atoms with Crippen molar-refractivity contribution in [1.82, 2.24) is 9.97 Å². The Morgan fingerprint density at radius 3 is 2.75 bits per heavy atom. The molecular weight excluding hydrogens is 392 g/mol. The molecule has 0 bridgehead atoms. The van der Waals surface area contributed by atoms with Gasteiger partial charge in [0.2, 0.25) is 0 Å².